The van der Waals surface area contributed by atoms with E-state index in [9.17, 15) is 18.7 Å². The number of anilines is 1. The SMILES string of the molecule is O=C(Nc1cnn(CC(F)F)c1)NC1CCCCCC1CO. The van der Waals surface area contributed by atoms with Crippen LogP contribution in [0.3, 0.4) is 0 Å². The maximum atomic E-state index is 12.2. The lowest BCUT2D eigenvalue weighted by atomic mass is 9.96. The van der Waals surface area contributed by atoms with Gasteiger partial charge in [-0.15, -0.1) is 0 Å². The Morgan fingerprint density at radius 3 is 2.91 bits per heavy atom. The molecule has 0 bridgehead atoms. The van der Waals surface area contributed by atoms with Gasteiger partial charge in [0.1, 0.15) is 6.54 Å². The van der Waals surface area contributed by atoms with Crippen molar-refractivity contribution in [1.29, 1.82) is 0 Å². The second-order valence-corrected chi connectivity index (χ2v) is 5.63. The summed E-state index contributed by atoms with van der Waals surface area (Å²) in [6.07, 6.45) is 5.13. The number of carbonyl (C=O) groups excluding carboxylic acids is 1. The first-order valence-electron chi connectivity index (χ1n) is 7.57. The first kappa shape index (κ1) is 16.7. The van der Waals surface area contributed by atoms with E-state index in [4.69, 9.17) is 0 Å². The highest BCUT2D eigenvalue weighted by Crippen LogP contribution is 2.23. The van der Waals surface area contributed by atoms with Crippen molar-refractivity contribution in [3.63, 3.8) is 0 Å². The zero-order chi connectivity index (χ0) is 15.9. The number of aliphatic hydroxyl groups is 1. The van der Waals surface area contributed by atoms with Crippen LogP contribution in [-0.4, -0.2) is 40.0 Å². The molecule has 2 atom stereocenters. The van der Waals surface area contributed by atoms with Crippen molar-refractivity contribution < 1.29 is 18.7 Å². The molecular formula is C14H22F2N4O2. The van der Waals surface area contributed by atoms with E-state index < -0.39 is 19.0 Å². The van der Waals surface area contributed by atoms with Crippen LogP contribution in [-0.2, 0) is 6.54 Å². The van der Waals surface area contributed by atoms with Gasteiger partial charge in [-0.1, -0.05) is 19.3 Å². The van der Waals surface area contributed by atoms with Gasteiger partial charge < -0.3 is 15.7 Å². The summed E-state index contributed by atoms with van der Waals surface area (Å²) < 4.78 is 25.6. The number of aliphatic hydroxyl groups excluding tert-OH is 1. The third-order valence-electron chi connectivity index (χ3n) is 3.93. The van der Waals surface area contributed by atoms with Crippen molar-refractivity contribution in [3.8, 4) is 0 Å². The van der Waals surface area contributed by atoms with E-state index in [1.165, 1.54) is 12.4 Å². The third-order valence-corrected chi connectivity index (χ3v) is 3.93. The first-order valence-corrected chi connectivity index (χ1v) is 7.57. The van der Waals surface area contributed by atoms with Crippen LogP contribution in [0.5, 0.6) is 0 Å². The number of amides is 2. The highest BCUT2D eigenvalue weighted by atomic mass is 19.3. The quantitative estimate of drug-likeness (QED) is 0.729. The Morgan fingerprint density at radius 2 is 2.18 bits per heavy atom. The molecule has 1 saturated carbocycles. The summed E-state index contributed by atoms with van der Waals surface area (Å²) in [5, 5.41) is 18.6. The minimum absolute atomic E-state index is 0.0528. The predicted molar refractivity (Wildman–Crippen MR) is 77.8 cm³/mol. The minimum Gasteiger partial charge on any atom is -0.396 e. The maximum Gasteiger partial charge on any atom is 0.319 e. The van der Waals surface area contributed by atoms with Crippen LogP contribution in [0.15, 0.2) is 12.4 Å². The van der Waals surface area contributed by atoms with Gasteiger partial charge in [0.2, 0.25) is 0 Å². The lowest BCUT2D eigenvalue weighted by Crippen LogP contribution is -2.43. The molecule has 1 aliphatic carbocycles. The number of rotatable bonds is 5. The van der Waals surface area contributed by atoms with E-state index >= 15 is 0 Å². The molecule has 0 saturated heterocycles. The van der Waals surface area contributed by atoms with Crippen molar-refractivity contribution >= 4 is 11.7 Å². The van der Waals surface area contributed by atoms with E-state index in [2.05, 4.69) is 15.7 Å². The number of aromatic nitrogens is 2. The number of hydrogen-bond donors (Lipinski definition) is 3. The molecule has 22 heavy (non-hydrogen) atoms. The fraction of sp³-hybridized carbons (Fsp3) is 0.714. The standard InChI is InChI=1S/C14H22F2N4O2/c15-13(16)8-20-7-11(6-17-20)18-14(22)19-12-5-3-1-2-4-10(12)9-21/h6-7,10,12-13,21H,1-5,8-9H2,(H2,18,19,22). The van der Waals surface area contributed by atoms with Crippen molar-refractivity contribution in [2.75, 3.05) is 11.9 Å². The zero-order valence-electron chi connectivity index (χ0n) is 12.3. The highest BCUT2D eigenvalue weighted by molar-refractivity contribution is 5.89. The molecule has 3 N–H and O–H groups in total. The minimum atomic E-state index is -2.49. The summed E-state index contributed by atoms with van der Waals surface area (Å²) in [4.78, 5) is 12.0. The number of carbonyl (C=O) groups is 1. The molecule has 2 rings (SSSR count). The lowest BCUT2D eigenvalue weighted by Gasteiger charge is -2.24. The van der Waals surface area contributed by atoms with Crippen LogP contribution < -0.4 is 10.6 Å². The van der Waals surface area contributed by atoms with Crippen LogP contribution in [0.4, 0.5) is 19.3 Å². The number of urea groups is 1. The Kier molecular flexibility index (Phi) is 6.11. The smallest absolute Gasteiger partial charge is 0.319 e. The lowest BCUT2D eigenvalue weighted by molar-refractivity contribution is 0.122. The predicted octanol–water partition coefficient (Wildman–Crippen LogP) is 2.21. The van der Waals surface area contributed by atoms with Crippen molar-refractivity contribution in [2.24, 2.45) is 5.92 Å². The molecule has 1 aromatic heterocycles. The Balaban J connectivity index is 1.87. The summed E-state index contributed by atoms with van der Waals surface area (Å²) in [7, 11) is 0. The van der Waals surface area contributed by atoms with Crippen LogP contribution >= 0.6 is 0 Å². The van der Waals surface area contributed by atoms with Gasteiger partial charge in [0.15, 0.2) is 0 Å². The molecule has 1 aromatic rings. The fourth-order valence-electron chi connectivity index (χ4n) is 2.80. The van der Waals surface area contributed by atoms with E-state index in [-0.39, 0.29) is 18.6 Å². The number of halogens is 2. The third kappa shape index (κ3) is 4.94. The van der Waals surface area contributed by atoms with Gasteiger partial charge in [0.25, 0.3) is 6.43 Å². The Morgan fingerprint density at radius 1 is 1.41 bits per heavy atom. The Bertz CT molecular complexity index is 481. The van der Waals surface area contributed by atoms with Gasteiger partial charge in [-0.05, 0) is 12.8 Å². The second kappa shape index (κ2) is 8.07. The van der Waals surface area contributed by atoms with Crippen molar-refractivity contribution in [1.82, 2.24) is 15.1 Å². The van der Waals surface area contributed by atoms with Crippen molar-refractivity contribution in [3.05, 3.63) is 12.4 Å². The Hall–Kier alpha value is -1.70. The molecule has 1 heterocycles. The molecule has 0 aromatic carbocycles. The molecule has 1 fully saturated rings. The monoisotopic (exact) mass is 316 g/mol. The number of nitrogens with one attached hydrogen (secondary N) is 2. The van der Waals surface area contributed by atoms with E-state index in [0.717, 1.165) is 36.8 Å². The van der Waals surface area contributed by atoms with Gasteiger partial charge in [-0.3, -0.25) is 4.68 Å². The average molecular weight is 316 g/mol. The summed E-state index contributed by atoms with van der Waals surface area (Å²) >= 11 is 0. The summed E-state index contributed by atoms with van der Waals surface area (Å²) in [6.45, 7) is -0.449. The van der Waals surface area contributed by atoms with Crippen LogP contribution in [0.1, 0.15) is 32.1 Å². The van der Waals surface area contributed by atoms with Gasteiger partial charge >= 0.3 is 6.03 Å². The molecule has 6 nitrogen and oxygen atoms in total. The van der Waals surface area contributed by atoms with Gasteiger partial charge in [-0.25, -0.2) is 13.6 Å². The number of hydrogen-bond acceptors (Lipinski definition) is 3. The number of nitrogens with zero attached hydrogens (tertiary/aromatic N) is 2. The first-order chi connectivity index (χ1) is 10.6. The molecule has 2 unspecified atom stereocenters. The topological polar surface area (TPSA) is 79.2 Å². The zero-order valence-corrected chi connectivity index (χ0v) is 12.3. The summed E-state index contributed by atoms with van der Waals surface area (Å²) in [5.74, 6) is 0.0646. The number of alkyl halides is 2. The second-order valence-electron chi connectivity index (χ2n) is 5.63. The molecule has 8 heteroatoms. The van der Waals surface area contributed by atoms with Gasteiger partial charge in [-0.2, -0.15) is 5.10 Å². The summed E-state index contributed by atoms with van der Waals surface area (Å²) in [6, 6.07) is -0.467. The molecule has 0 aliphatic heterocycles. The normalized spacial score (nSPS) is 22.4. The van der Waals surface area contributed by atoms with E-state index in [0.29, 0.717) is 5.69 Å². The fourth-order valence-corrected chi connectivity index (χ4v) is 2.80. The molecule has 1 aliphatic rings. The molecule has 2 amide bonds. The van der Waals surface area contributed by atoms with Crippen LogP contribution in [0.2, 0.25) is 0 Å². The highest BCUT2D eigenvalue weighted by Gasteiger charge is 2.24. The van der Waals surface area contributed by atoms with E-state index in [1.54, 1.807) is 0 Å². The van der Waals surface area contributed by atoms with Crippen LogP contribution in [0, 0.1) is 5.92 Å². The molecular weight excluding hydrogens is 294 g/mol. The largest absolute Gasteiger partial charge is 0.396 e. The van der Waals surface area contributed by atoms with Crippen molar-refractivity contribution in [2.45, 2.75) is 51.1 Å². The van der Waals surface area contributed by atoms with E-state index in [1.807, 2.05) is 0 Å². The maximum absolute atomic E-state index is 12.2. The van der Waals surface area contributed by atoms with Gasteiger partial charge in [0, 0.05) is 24.8 Å². The van der Waals surface area contributed by atoms with Crippen LogP contribution in [0.25, 0.3) is 0 Å². The average Bonchev–Trinajstić information content (AvgIpc) is 2.75. The summed E-state index contributed by atoms with van der Waals surface area (Å²) in [5.41, 5.74) is 0.368. The van der Waals surface area contributed by atoms with Gasteiger partial charge in [0.05, 0.1) is 11.9 Å². The molecule has 124 valence electrons. The molecule has 0 radical (unpaired) electrons. The molecule has 0 spiro atoms. The Labute approximate surface area is 127 Å².